The van der Waals surface area contributed by atoms with Crippen LogP contribution in [0, 0.1) is 0 Å². The van der Waals surface area contributed by atoms with Gasteiger partial charge in [0.15, 0.2) is 11.5 Å². The number of nitrogens with one attached hydrogen (secondary N) is 1. The van der Waals surface area contributed by atoms with Gasteiger partial charge in [-0.3, -0.25) is 4.79 Å². The van der Waals surface area contributed by atoms with E-state index in [0.29, 0.717) is 0 Å². The van der Waals surface area contributed by atoms with Crippen LogP contribution in [-0.2, 0) is 6.54 Å². The Morgan fingerprint density at radius 3 is 2.41 bits per heavy atom. The maximum absolute atomic E-state index is 12.4. The van der Waals surface area contributed by atoms with Crippen molar-refractivity contribution in [3.05, 3.63) is 53.6 Å². The maximum Gasteiger partial charge on any atom is 0.573 e. The van der Waals surface area contributed by atoms with Gasteiger partial charge in [0.05, 0.1) is 7.11 Å². The van der Waals surface area contributed by atoms with E-state index in [9.17, 15) is 26.7 Å². The van der Waals surface area contributed by atoms with Gasteiger partial charge in [0.2, 0.25) is 0 Å². The number of amides is 1. The number of hydrogen-bond acceptors (Lipinski definition) is 4. The number of methoxy groups -OCH3 is 1. The Kier molecular flexibility index (Phi) is 6.43. The van der Waals surface area contributed by atoms with Crippen molar-refractivity contribution in [2.24, 2.45) is 0 Å². The van der Waals surface area contributed by atoms with Gasteiger partial charge < -0.3 is 19.5 Å². The normalized spacial score (nSPS) is 11.2. The molecule has 2 aromatic carbocycles. The third-order valence-corrected chi connectivity index (χ3v) is 3.28. The number of para-hydroxylation sites is 1. The molecule has 5 nitrogen and oxygen atoms in total. The molecule has 0 fully saturated rings. The zero-order chi connectivity index (χ0) is 20.0. The van der Waals surface area contributed by atoms with Gasteiger partial charge in [0.25, 0.3) is 5.91 Å². The fourth-order valence-electron chi connectivity index (χ4n) is 2.15. The fraction of sp³-hybridized carbons (Fsp3) is 0.235. The third kappa shape index (κ3) is 6.01. The van der Waals surface area contributed by atoms with Gasteiger partial charge in [-0.05, 0) is 24.3 Å². The standard InChI is InChI=1S/C17H14F5NO4/c1-25-14-8-10(6-7-13(14)26-16(18)19)15(24)23-9-11-4-2-3-5-12(11)27-17(20,21)22/h2-8,16H,9H2,1H3,(H,23,24). The lowest BCUT2D eigenvalue weighted by Gasteiger charge is -2.14. The van der Waals surface area contributed by atoms with E-state index in [0.717, 1.165) is 12.1 Å². The van der Waals surface area contributed by atoms with Gasteiger partial charge in [-0.25, -0.2) is 0 Å². The molecular formula is C17H14F5NO4. The molecule has 0 atom stereocenters. The number of alkyl halides is 5. The highest BCUT2D eigenvalue weighted by Crippen LogP contribution is 2.30. The van der Waals surface area contributed by atoms with Gasteiger partial charge in [0, 0.05) is 17.7 Å². The molecule has 2 rings (SSSR count). The molecule has 0 aliphatic heterocycles. The van der Waals surface area contributed by atoms with Crippen molar-refractivity contribution in [3.63, 3.8) is 0 Å². The molecule has 0 saturated heterocycles. The van der Waals surface area contributed by atoms with E-state index >= 15 is 0 Å². The first-order valence-electron chi connectivity index (χ1n) is 7.44. The highest BCUT2D eigenvalue weighted by Gasteiger charge is 2.32. The Bertz CT molecular complexity index is 795. The van der Waals surface area contributed by atoms with E-state index < -0.39 is 24.6 Å². The molecular weight excluding hydrogens is 377 g/mol. The van der Waals surface area contributed by atoms with E-state index in [4.69, 9.17) is 4.74 Å². The van der Waals surface area contributed by atoms with Crippen molar-refractivity contribution in [2.75, 3.05) is 7.11 Å². The van der Waals surface area contributed by atoms with Crippen molar-refractivity contribution in [1.29, 1.82) is 0 Å². The van der Waals surface area contributed by atoms with Crippen molar-refractivity contribution < 1.29 is 41.0 Å². The van der Waals surface area contributed by atoms with Gasteiger partial charge in [0.1, 0.15) is 5.75 Å². The first-order chi connectivity index (χ1) is 12.7. The Morgan fingerprint density at radius 2 is 1.78 bits per heavy atom. The summed E-state index contributed by atoms with van der Waals surface area (Å²) in [6.07, 6.45) is -4.87. The molecule has 0 unspecified atom stereocenters. The average molecular weight is 391 g/mol. The van der Waals surface area contributed by atoms with E-state index in [1.165, 1.54) is 37.4 Å². The summed E-state index contributed by atoms with van der Waals surface area (Å²) in [6.45, 7) is -3.31. The lowest BCUT2D eigenvalue weighted by Crippen LogP contribution is -2.24. The molecule has 0 radical (unpaired) electrons. The van der Waals surface area contributed by atoms with Crippen LogP contribution in [0.4, 0.5) is 22.0 Å². The lowest BCUT2D eigenvalue weighted by molar-refractivity contribution is -0.274. The minimum atomic E-state index is -4.87. The van der Waals surface area contributed by atoms with Gasteiger partial charge in [-0.1, -0.05) is 18.2 Å². The summed E-state index contributed by atoms with van der Waals surface area (Å²) in [5.74, 6) is -1.45. The second-order valence-corrected chi connectivity index (χ2v) is 5.08. The first kappa shape index (κ1) is 20.3. The second-order valence-electron chi connectivity index (χ2n) is 5.08. The Morgan fingerprint density at radius 1 is 1.07 bits per heavy atom. The maximum atomic E-state index is 12.4. The molecule has 0 aliphatic rings. The molecule has 0 spiro atoms. The van der Waals surface area contributed by atoms with Crippen LogP contribution in [0.15, 0.2) is 42.5 Å². The molecule has 10 heteroatoms. The SMILES string of the molecule is COc1cc(C(=O)NCc2ccccc2OC(F)(F)F)ccc1OC(F)F. The number of halogens is 5. The molecule has 0 aromatic heterocycles. The van der Waals surface area contributed by atoms with Crippen molar-refractivity contribution in [1.82, 2.24) is 5.32 Å². The fourth-order valence-corrected chi connectivity index (χ4v) is 2.15. The largest absolute Gasteiger partial charge is 0.573 e. The van der Waals surface area contributed by atoms with E-state index in [2.05, 4.69) is 14.8 Å². The van der Waals surface area contributed by atoms with Crippen LogP contribution >= 0.6 is 0 Å². The molecule has 0 saturated carbocycles. The molecule has 1 N–H and O–H groups in total. The van der Waals surface area contributed by atoms with E-state index in [1.807, 2.05) is 0 Å². The van der Waals surface area contributed by atoms with Crippen LogP contribution in [0.3, 0.4) is 0 Å². The van der Waals surface area contributed by atoms with Crippen LogP contribution < -0.4 is 19.5 Å². The first-order valence-corrected chi connectivity index (χ1v) is 7.44. The third-order valence-electron chi connectivity index (χ3n) is 3.28. The predicted molar refractivity (Wildman–Crippen MR) is 83.9 cm³/mol. The van der Waals surface area contributed by atoms with Crippen LogP contribution in [-0.4, -0.2) is 26.0 Å². The zero-order valence-corrected chi connectivity index (χ0v) is 13.8. The number of ether oxygens (including phenoxy) is 3. The van der Waals surface area contributed by atoms with Crippen LogP contribution in [0.1, 0.15) is 15.9 Å². The Hall–Kier alpha value is -3.04. The Labute approximate surface area is 150 Å². The van der Waals surface area contributed by atoms with Crippen LogP contribution in [0.5, 0.6) is 17.2 Å². The minimum Gasteiger partial charge on any atom is -0.493 e. The van der Waals surface area contributed by atoms with E-state index in [1.54, 1.807) is 0 Å². The molecule has 0 heterocycles. The molecule has 27 heavy (non-hydrogen) atoms. The highest BCUT2D eigenvalue weighted by molar-refractivity contribution is 5.94. The zero-order valence-electron chi connectivity index (χ0n) is 13.8. The number of benzene rings is 2. The highest BCUT2D eigenvalue weighted by atomic mass is 19.4. The predicted octanol–water partition coefficient (Wildman–Crippen LogP) is 4.13. The monoisotopic (exact) mass is 391 g/mol. The summed E-state index contributed by atoms with van der Waals surface area (Å²) in [5, 5.41) is 2.42. The number of carbonyl (C=O) groups is 1. The summed E-state index contributed by atoms with van der Waals surface area (Å²) in [4.78, 5) is 12.2. The minimum absolute atomic E-state index is 0.0442. The van der Waals surface area contributed by atoms with Crippen molar-refractivity contribution in [3.8, 4) is 17.2 Å². The molecule has 1 amide bonds. The molecule has 0 aliphatic carbocycles. The molecule has 2 aromatic rings. The Balaban J connectivity index is 2.10. The summed E-state index contributed by atoms with van der Waals surface area (Å²) >= 11 is 0. The second kappa shape index (κ2) is 8.56. The summed E-state index contributed by atoms with van der Waals surface area (Å²) < 4.78 is 74.9. The topological polar surface area (TPSA) is 56.8 Å². The molecule has 146 valence electrons. The lowest BCUT2D eigenvalue weighted by atomic mass is 10.1. The van der Waals surface area contributed by atoms with Crippen molar-refractivity contribution >= 4 is 5.91 Å². The van der Waals surface area contributed by atoms with Crippen LogP contribution in [0.2, 0.25) is 0 Å². The van der Waals surface area contributed by atoms with Gasteiger partial charge in [-0.2, -0.15) is 8.78 Å². The van der Waals surface area contributed by atoms with Crippen LogP contribution in [0.25, 0.3) is 0 Å². The van der Waals surface area contributed by atoms with Gasteiger partial charge in [-0.15, -0.1) is 13.2 Å². The van der Waals surface area contributed by atoms with Crippen molar-refractivity contribution in [2.45, 2.75) is 19.5 Å². The molecule has 0 bridgehead atoms. The summed E-state index contributed by atoms with van der Waals surface area (Å²) in [7, 11) is 1.21. The van der Waals surface area contributed by atoms with Gasteiger partial charge >= 0.3 is 13.0 Å². The van der Waals surface area contributed by atoms with E-state index in [-0.39, 0.29) is 29.2 Å². The quantitative estimate of drug-likeness (QED) is 0.722. The number of rotatable bonds is 7. The smallest absolute Gasteiger partial charge is 0.493 e. The average Bonchev–Trinajstić information content (AvgIpc) is 2.59. The number of carbonyl (C=O) groups excluding carboxylic acids is 1. The summed E-state index contributed by atoms with van der Waals surface area (Å²) in [5.41, 5.74) is 0.149. The summed E-state index contributed by atoms with van der Waals surface area (Å²) in [6, 6.07) is 8.85. The number of hydrogen-bond donors (Lipinski definition) is 1.